The number of benzene rings is 1. The first-order valence-corrected chi connectivity index (χ1v) is 3.57. The van der Waals surface area contributed by atoms with E-state index in [0.29, 0.717) is 0 Å². The van der Waals surface area contributed by atoms with Crippen molar-refractivity contribution < 1.29 is 14.0 Å². The van der Waals surface area contributed by atoms with Crippen molar-refractivity contribution in [3.63, 3.8) is 0 Å². The Labute approximate surface area is 77.4 Å². The minimum atomic E-state index is -1.23. The molecule has 0 atom stereocenters. The minimum Gasteiger partial charge on any atom is -0.409 e. The van der Waals surface area contributed by atoms with Crippen LogP contribution >= 0.6 is 11.6 Å². The average molecular weight is 207 g/mol. The van der Waals surface area contributed by atoms with Gasteiger partial charge in [-0.2, -0.15) is 0 Å². The lowest BCUT2D eigenvalue weighted by Gasteiger charge is -2.03. The number of oxime groups is 1. The summed E-state index contributed by atoms with van der Waals surface area (Å²) in [5, 5.41) is 10.7. The van der Waals surface area contributed by atoms with Crippen LogP contribution in [0.4, 0.5) is 8.78 Å². The molecule has 0 saturated carbocycles. The van der Waals surface area contributed by atoms with E-state index in [9.17, 15) is 8.78 Å². The van der Waals surface area contributed by atoms with Gasteiger partial charge in [-0.3, -0.25) is 0 Å². The normalized spacial score (nSPS) is 11.8. The van der Waals surface area contributed by atoms with Gasteiger partial charge in [0.1, 0.15) is 0 Å². The molecule has 0 heterocycles. The highest BCUT2D eigenvalue weighted by Gasteiger charge is 2.15. The van der Waals surface area contributed by atoms with Crippen LogP contribution in [-0.4, -0.2) is 11.0 Å². The van der Waals surface area contributed by atoms with E-state index in [-0.39, 0.29) is 5.02 Å². The summed E-state index contributed by atoms with van der Waals surface area (Å²) in [5.74, 6) is -2.91. The zero-order chi connectivity index (χ0) is 10.0. The van der Waals surface area contributed by atoms with Gasteiger partial charge in [-0.25, -0.2) is 8.78 Å². The van der Waals surface area contributed by atoms with Crippen LogP contribution < -0.4 is 5.73 Å². The van der Waals surface area contributed by atoms with Crippen molar-refractivity contribution >= 4 is 17.4 Å². The molecular weight excluding hydrogens is 202 g/mol. The maximum atomic E-state index is 13.0. The molecule has 13 heavy (non-hydrogen) atoms. The molecule has 0 amide bonds. The van der Waals surface area contributed by atoms with Crippen molar-refractivity contribution in [3.05, 3.63) is 34.4 Å². The van der Waals surface area contributed by atoms with Crippen LogP contribution in [0, 0.1) is 11.6 Å². The fourth-order valence-electron chi connectivity index (χ4n) is 0.812. The van der Waals surface area contributed by atoms with Crippen molar-refractivity contribution in [1.82, 2.24) is 0 Å². The first-order valence-electron chi connectivity index (χ1n) is 3.19. The second kappa shape index (κ2) is 3.57. The topological polar surface area (TPSA) is 58.6 Å². The summed E-state index contributed by atoms with van der Waals surface area (Å²) in [7, 11) is 0. The Kier molecular flexibility index (Phi) is 2.67. The van der Waals surface area contributed by atoms with E-state index in [2.05, 4.69) is 5.16 Å². The van der Waals surface area contributed by atoms with Crippen molar-refractivity contribution in [2.24, 2.45) is 10.9 Å². The molecule has 0 aliphatic carbocycles. The summed E-state index contributed by atoms with van der Waals surface area (Å²) in [6.45, 7) is 0. The van der Waals surface area contributed by atoms with E-state index in [0.717, 1.165) is 12.1 Å². The van der Waals surface area contributed by atoms with Crippen LogP contribution in [0.1, 0.15) is 5.56 Å². The van der Waals surface area contributed by atoms with E-state index in [1.807, 2.05) is 0 Å². The first-order chi connectivity index (χ1) is 6.07. The van der Waals surface area contributed by atoms with Crippen LogP contribution in [0.3, 0.4) is 0 Å². The van der Waals surface area contributed by atoms with E-state index in [1.165, 1.54) is 0 Å². The molecule has 70 valence electrons. The number of nitrogens with zero attached hydrogens (tertiary/aromatic N) is 1. The molecule has 3 nitrogen and oxygen atoms in total. The third-order valence-electron chi connectivity index (χ3n) is 1.41. The predicted octanol–water partition coefficient (Wildman–Crippen LogP) is 1.71. The third kappa shape index (κ3) is 1.70. The fraction of sp³-hybridized carbons (Fsp3) is 0. The van der Waals surface area contributed by atoms with Crippen LogP contribution in [-0.2, 0) is 0 Å². The summed E-state index contributed by atoms with van der Waals surface area (Å²) in [4.78, 5) is 0. The number of hydrogen-bond acceptors (Lipinski definition) is 2. The van der Waals surface area contributed by atoms with Gasteiger partial charge in [0.25, 0.3) is 0 Å². The van der Waals surface area contributed by atoms with Gasteiger partial charge in [0.2, 0.25) is 0 Å². The van der Waals surface area contributed by atoms with E-state index >= 15 is 0 Å². The van der Waals surface area contributed by atoms with Gasteiger partial charge >= 0.3 is 0 Å². The Morgan fingerprint density at radius 3 is 2.62 bits per heavy atom. The minimum absolute atomic E-state index is 0.116. The smallest absolute Gasteiger partial charge is 0.174 e. The lowest BCUT2D eigenvalue weighted by Crippen LogP contribution is -2.16. The Morgan fingerprint density at radius 1 is 1.46 bits per heavy atom. The summed E-state index contributed by atoms with van der Waals surface area (Å²) in [6.07, 6.45) is 0. The van der Waals surface area contributed by atoms with E-state index < -0.39 is 23.0 Å². The number of hydrogen-bond donors (Lipinski definition) is 2. The first kappa shape index (κ1) is 9.73. The van der Waals surface area contributed by atoms with Crippen molar-refractivity contribution in [2.45, 2.75) is 0 Å². The van der Waals surface area contributed by atoms with Crippen molar-refractivity contribution in [1.29, 1.82) is 0 Å². The molecule has 0 spiro atoms. The number of nitrogens with two attached hydrogens (primary N) is 1. The van der Waals surface area contributed by atoms with Gasteiger partial charge in [0, 0.05) is 0 Å². The van der Waals surface area contributed by atoms with Gasteiger partial charge in [-0.1, -0.05) is 16.8 Å². The standard InChI is InChI=1S/C7H5ClF2N2O/c8-3-1-2-4(9)6(10)5(3)7(11)12-13/h1-2,13H,(H2,11,12). The summed E-state index contributed by atoms with van der Waals surface area (Å²) >= 11 is 5.50. The lowest BCUT2D eigenvalue weighted by atomic mass is 10.2. The summed E-state index contributed by atoms with van der Waals surface area (Å²) in [6, 6.07) is 1.97. The molecule has 0 aliphatic rings. The predicted molar refractivity (Wildman–Crippen MR) is 43.9 cm³/mol. The molecule has 0 aromatic heterocycles. The third-order valence-corrected chi connectivity index (χ3v) is 1.72. The zero-order valence-corrected chi connectivity index (χ0v) is 7.02. The quantitative estimate of drug-likeness (QED) is 0.242. The molecule has 0 radical (unpaired) electrons. The summed E-state index contributed by atoms with van der Waals surface area (Å²) < 4.78 is 25.6. The molecule has 0 bridgehead atoms. The highest BCUT2D eigenvalue weighted by Crippen LogP contribution is 2.20. The van der Waals surface area contributed by atoms with E-state index in [1.54, 1.807) is 0 Å². The van der Waals surface area contributed by atoms with Crippen LogP contribution in [0.15, 0.2) is 17.3 Å². The number of halogens is 3. The molecule has 6 heteroatoms. The maximum Gasteiger partial charge on any atom is 0.174 e. The number of amidine groups is 1. The molecule has 0 aliphatic heterocycles. The Balaban J connectivity index is 3.42. The average Bonchev–Trinajstić information content (AvgIpc) is 2.12. The molecule has 0 fully saturated rings. The molecule has 0 saturated heterocycles. The van der Waals surface area contributed by atoms with Gasteiger partial charge in [-0.15, -0.1) is 0 Å². The monoisotopic (exact) mass is 206 g/mol. The van der Waals surface area contributed by atoms with Gasteiger partial charge in [-0.05, 0) is 12.1 Å². The highest BCUT2D eigenvalue weighted by atomic mass is 35.5. The molecule has 3 N–H and O–H groups in total. The fourth-order valence-corrected chi connectivity index (χ4v) is 1.05. The molecule has 0 unspecified atom stereocenters. The van der Waals surface area contributed by atoms with Gasteiger partial charge in [0.15, 0.2) is 17.5 Å². The van der Waals surface area contributed by atoms with Crippen molar-refractivity contribution in [2.75, 3.05) is 0 Å². The lowest BCUT2D eigenvalue weighted by molar-refractivity contribution is 0.318. The molecule has 1 aromatic rings. The van der Waals surface area contributed by atoms with Crippen LogP contribution in [0.25, 0.3) is 0 Å². The molecule has 1 aromatic carbocycles. The molecular formula is C7H5ClF2N2O. The second-order valence-electron chi connectivity index (χ2n) is 2.20. The largest absolute Gasteiger partial charge is 0.409 e. The Hall–Kier alpha value is -1.36. The van der Waals surface area contributed by atoms with Crippen molar-refractivity contribution in [3.8, 4) is 0 Å². The van der Waals surface area contributed by atoms with E-state index in [4.69, 9.17) is 22.5 Å². The van der Waals surface area contributed by atoms with Crippen LogP contribution in [0.2, 0.25) is 5.02 Å². The molecule has 1 rings (SSSR count). The summed E-state index contributed by atoms with van der Waals surface area (Å²) in [5.41, 5.74) is 4.63. The second-order valence-corrected chi connectivity index (χ2v) is 2.61. The zero-order valence-electron chi connectivity index (χ0n) is 6.26. The van der Waals surface area contributed by atoms with Gasteiger partial charge < -0.3 is 10.9 Å². The SMILES string of the molecule is NC(=NO)c1c(Cl)ccc(F)c1F. The van der Waals surface area contributed by atoms with Gasteiger partial charge in [0.05, 0.1) is 10.6 Å². The number of rotatable bonds is 1. The maximum absolute atomic E-state index is 13.0. The van der Waals surface area contributed by atoms with Crippen LogP contribution in [0.5, 0.6) is 0 Å². The highest BCUT2D eigenvalue weighted by molar-refractivity contribution is 6.34. The Morgan fingerprint density at radius 2 is 2.08 bits per heavy atom. The Bertz CT molecular complexity index is 368.